The maximum atomic E-state index is 12.1. The predicted octanol–water partition coefficient (Wildman–Crippen LogP) is 2.29. The first-order valence-corrected chi connectivity index (χ1v) is 11.5. The minimum absolute atomic E-state index is 0.0145. The maximum absolute atomic E-state index is 12.1. The molecule has 0 saturated carbocycles. The Morgan fingerprint density at radius 3 is 2.45 bits per heavy atom. The van der Waals surface area contributed by atoms with Gasteiger partial charge in [-0.25, -0.2) is 0 Å². The lowest BCUT2D eigenvalue weighted by molar-refractivity contribution is -0.153. The van der Waals surface area contributed by atoms with Crippen LogP contribution in [0.5, 0.6) is 5.75 Å². The van der Waals surface area contributed by atoms with Gasteiger partial charge in [0, 0.05) is 12.6 Å². The summed E-state index contributed by atoms with van der Waals surface area (Å²) in [4.78, 5) is 39.5. The Labute approximate surface area is 195 Å². The molecule has 33 heavy (non-hydrogen) atoms. The molecule has 0 bridgehead atoms. The van der Waals surface area contributed by atoms with Gasteiger partial charge in [-0.3, -0.25) is 24.7 Å². The van der Waals surface area contributed by atoms with Gasteiger partial charge in [0.2, 0.25) is 5.91 Å². The number of aromatic nitrogens is 1. The number of amides is 2. The first-order valence-electron chi connectivity index (χ1n) is 10.6. The molecule has 1 aliphatic rings. The van der Waals surface area contributed by atoms with Crippen molar-refractivity contribution in [2.45, 2.75) is 50.3 Å². The van der Waals surface area contributed by atoms with E-state index in [0.29, 0.717) is 17.9 Å². The van der Waals surface area contributed by atoms with E-state index in [1.807, 2.05) is 25.1 Å². The minimum Gasteiger partial charge on any atom is -0.489 e. The Balaban J connectivity index is 1.62. The molecule has 10 heteroatoms. The quantitative estimate of drug-likeness (QED) is 0.331. The number of aliphatic hydroxyl groups is 2. The summed E-state index contributed by atoms with van der Waals surface area (Å²) in [6, 6.07) is 10.8. The number of rotatable bonds is 11. The molecule has 176 valence electrons. The number of imide groups is 1. The third kappa shape index (κ3) is 7.55. The first-order chi connectivity index (χ1) is 15.8. The largest absolute Gasteiger partial charge is 0.489 e. The number of aryl methyl sites for hydroxylation is 1. The molecule has 1 saturated heterocycles. The molecule has 1 aliphatic heterocycles. The molecule has 1 aromatic carbocycles. The Bertz CT molecular complexity index is 964. The van der Waals surface area contributed by atoms with Gasteiger partial charge < -0.3 is 19.7 Å². The topological polar surface area (TPSA) is 135 Å². The van der Waals surface area contributed by atoms with Gasteiger partial charge in [-0.15, -0.1) is 0 Å². The molecule has 3 N–H and O–H groups in total. The highest BCUT2D eigenvalue weighted by Gasteiger charge is 2.31. The molecule has 2 amide bonds. The van der Waals surface area contributed by atoms with Gasteiger partial charge in [0.15, 0.2) is 12.4 Å². The average Bonchev–Trinajstić information content (AvgIpc) is 3.12. The Morgan fingerprint density at radius 1 is 1.15 bits per heavy atom. The molecule has 1 fully saturated rings. The van der Waals surface area contributed by atoms with Crippen LogP contribution < -0.4 is 10.1 Å². The number of ether oxygens (including phenoxy) is 2. The smallest absolute Gasteiger partial charge is 0.306 e. The van der Waals surface area contributed by atoms with Crippen molar-refractivity contribution in [3.8, 4) is 5.75 Å². The van der Waals surface area contributed by atoms with Crippen molar-refractivity contribution in [2.24, 2.45) is 0 Å². The van der Waals surface area contributed by atoms with E-state index < -0.39 is 23.6 Å². The van der Waals surface area contributed by atoms with Crippen molar-refractivity contribution >= 4 is 28.9 Å². The van der Waals surface area contributed by atoms with Crippen LogP contribution in [0.4, 0.5) is 4.79 Å². The molecule has 3 rings (SSSR count). The van der Waals surface area contributed by atoms with Gasteiger partial charge in [-0.05, 0) is 42.2 Å². The van der Waals surface area contributed by atoms with Crippen molar-refractivity contribution in [1.82, 2.24) is 10.3 Å². The van der Waals surface area contributed by atoms with Crippen molar-refractivity contribution in [2.75, 3.05) is 6.61 Å². The lowest BCUT2D eigenvalue weighted by atomic mass is 10.1. The van der Waals surface area contributed by atoms with E-state index >= 15 is 0 Å². The number of pyridine rings is 1. The number of nitrogens with zero attached hydrogens (tertiary/aromatic N) is 1. The van der Waals surface area contributed by atoms with E-state index in [2.05, 4.69) is 10.3 Å². The zero-order valence-electron chi connectivity index (χ0n) is 18.1. The number of benzene rings is 1. The summed E-state index contributed by atoms with van der Waals surface area (Å²) in [5, 5.41) is 19.4. The van der Waals surface area contributed by atoms with Crippen LogP contribution in [0.15, 0.2) is 42.6 Å². The standard InChI is InChI=1S/C23H26N2O7S/c1-2-14-5-8-17(24-12-14)18(32-21(28)10-9-20(26)27)13-31-16-6-3-15(4-7-16)11-19-22(29)25-23(30)33-19/h3-8,12,18-20,26-27H,2,9-11,13H2,1H3,(H,25,29,30)/t18-,19?/m0/s1. The Kier molecular flexibility index (Phi) is 8.81. The lowest BCUT2D eigenvalue weighted by Gasteiger charge is -2.19. The third-order valence-electron chi connectivity index (χ3n) is 4.98. The summed E-state index contributed by atoms with van der Waals surface area (Å²) in [6.45, 7) is 2.03. The number of thioether (sulfide) groups is 1. The predicted molar refractivity (Wildman–Crippen MR) is 120 cm³/mol. The highest BCUT2D eigenvalue weighted by Crippen LogP contribution is 2.25. The van der Waals surface area contributed by atoms with Crippen molar-refractivity contribution in [1.29, 1.82) is 0 Å². The van der Waals surface area contributed by atoms with E-state index in [1.165, 1.54) is 0 Å². The summed E-state index contributed by atoms with van der Waals surface area (Å²) in [5.41, 5.74) is 2.45. The Hall–Kier alpha value is -2.95. The van der Waals surface area contributed by atoms with Crippen molar-refractivity contribution in [3.05, 3.63) is 59.4 Å². The van der Waals surface area contributed by atoms with Crippen LogP contribution in [0, 0.1) is 0 Å². The highest BCUT2D eigenvalue weighted by molar-refractivity contribution is 8.15. The summed E-state index contributed by atoms with van der Waals surface area (Å²) >= 11 is 0.981. The van der Waals surface area contributed by atoms with Gasteiger partial charge in [0.25, 0.3) is 5.24 Å². The molecule has 2 heterocycles. The van der Waals surface area contributed by atoms with Gasteiger partial charge in [-0.2, -0.15) is 0 Å². The molecule has 0 aliphatic carbocycles. The second-order valence-electron chi connectivity index (χ2n) is 7.48. The van der Waals surface area contributed by atoms with E-state index in [4.69, 9.17) is 19.7 Å². The zero-order chi connectivity index (χ0) is 23.8. The van der Waals surface area contributed by atoms with Crippen LogP contribution in [0.3, 0.4) is 0 Å². The number of carbonyl (C=O) groups excluding carboxylic acids is 3. The fourth-order valence-electron chi connectivity index (χ4n) is 3.12. The summed E-state index contributed by atoms with van der Waals surface area (Å²) in [5.74, 6) is -0.337. The summed E-state index contributed by atoms with van der Waals surface area (Å²) in [6.07, 6.45) is 0.328. The Morgan fingerprint density at radius 2 is 1.88 bits per heavy atom. The summed E-state index contributed by atoms with van der Waals surface area (Å²) < 4.78 is 11.3. The molecular formula is C23H26N2O7S. The molecule has 1 unspecified atom stereocenters. The monoisotopic (exact) mass is 474 g/mol. The van der Waals surface area contributed by atoms with Crippen LogP contribution in [0.2, 0.25) is 0 Å². The van der Waals surface area contributed by atoms with Gasteiger partial charge in [-0.1, -0.05) is 36.9 Å². The van der Waals surface area contributed by atoms with Crippen LogP contribution in [0.1, 0.15) is 42.7 Å². The van der Waals surface area contributed by atoms with Crippen LogP contribution in [-0.4, -0.2) is 50.5 Å². The van der Waals surface area contributed by atoms with Gasteiger partial charge >= 0.3 is 5.97 Å². The average molecular weight is 475 g/mol. The number of hydrogen-bond acceptors (Lipinski definition) is 9. The molecule has 0 spiro atoms. The second-order valence-corrected chi connectivity index (χ2v) is 8.66. The lowest BCUT2D eigenvalue weighted by Crippen LogP contribution is -2.25. The van der Waals surface area contributed by atoms with E-state index in [-0.39, 0.29) is 30.6 Å². The normalized spacial score (nSPS) is 16.5. The SMILES string of the molecule is CCc1ccc([C@H](COc2ccc(CC3SC(=O)NC3=O)cc2)OC(=O)CCC(O)O)nc1. The number of aliphatic hydroxyl groups excluding tert-OH is 1. The molecule has 0 radical (unpaired) electrons. The zero-order valence-corrected chi connectivity index (χ0v) is 18.9. The molecule has 2 atom stereocenters. The number of carbonyl (C=O) groups is 3. The third-order valence-corrected chi connectivity index (χ3v) is 5.96. The summed E-state index contributed by atoms with van der Waals surface area (Å²) in [7, 11) is 0. The number of hydrogen-bond donors (Lipinski definition) is 3. The van der Waals surface area contributed by atoms with Gasteiger partial charge in [0.05, 0.1) is 17.4 Å². The van der Waals surface area contributed by atoms with E-state index in [0.717, 1.165) is 29.3 Å². The van der Waals surface area contributed by atoms with Crippen LogP contribution in [0.25, 0.3) is 0 Å². The van der Waals surface area contributed by atoms with E-state index in [1.54, 1.807) is 24.4 Å². The fraction of sp³-hybridized carbons (Fsp3) is 0.391. The first kappa shape index (κ1) is 24.7. The van der Waals surface area contributed by atoms with Gasteiger partial charge in [0.1, 0.15) is 12.4 Å². The van der Waals surface area contributed by atoms with Crippen LogP contribution >= 0.6 is 11.8 Å². The number of nitrogens with one attached hydrogen (secondary N) is 1. The highest BCUT2D eigenvalue weighted by atomic mass is 32.2. The maximum Gasteiger partial charge on any atom is 0.306 e. The second kappa shape index (κ2) is 11.8. The molecule has 1 aromatic heterocycles. The number of esters is 1. The fourth-order valence-corrected chi connectivity index (χ4v) is 3.97. The van der Waals surface area contributed by atoms with Crippen LogP contribution in [-0.2, 0) is 27.2 Å². The minimum atomic E-state index is -1.58. The van der Waals surface area contributed by atoms with Crippen molar-refractivity contribution in [3.63, 3.8) is 0 Å². The molecule has 9 nitrogen and oxygen atoms in total. The molecular weight excluding hydrogens is 448 g/mol. The molecule has 2 aromatic rings. The van der Waals surface area contributed by atoms with Crippen molar-refractivity contribution < 1.29 is 34.1 Å². The van der Waals surface area contributed by atoms with E-state index in [9.17, 15) is 14.4 Å².